The Bertz CT molecular complexity index is 397. The number of hydrogen-bond donors (Lipinski definition) is 1. The van der Waals surface area contributed by atoms with Gasteiger partial charge < -0.3 is 19.5 Å². The molecule has 4 bridgehead atoms. The van der Waals surface area contributed by atoms with Crippen LogP contribution in [0.15, 0.2) is 0 Å². The lowest BCUT2D eigenvalue weighted by atomic mass is 9.69. The molecule has 1 saturated carbocycles. The average molecular weight is 297 g/mol. The van der Waals surface area contributed by atoms with Gasteiger partial charge in [0.05, 0.1) is 12.2 Å². The maximum Gasteiger partial charge on any atom is 0.410 e. The van der Waals surface area contributed by atoms with E-state index >= 15 is 0 Å². The van der Waals surface area contributed by atoms with Crippen molar-refractivity contribution in [2.45, 2.75) is 76.3 Å². The van der Waals surface area contributed by atoms with Crippen molar-refractivity contribution in [3.05, 3.63) is 0 Å². The number of ether oxygens (including phenoxy) is 2. The Hall–Kier alpha value is -0.810. The molecule has 21 heavy (non-hydrogen) atoms. The second kappa shape index (κ2) is 5.13. The topological polar surface area (TPSA) is 59.0 Å². The highest BCUT2D eigenvalue weighted by Crippen LogP contribution is 2.50. The van der Waals surface area contributed by atoms with E-state index in [-0.39, 0.29) is 42.2 Å². The third kappa shape index (κ3) is 2.55. The predicted octanol–water partition coefficient (Wildman–Crippen LogP) is 2.17. The first-order valence-electron chi connectivity index (χ1n) is 8.04. The number of rotatable bonds is 1. The zero-order valence-corrected chi connectivity index (χ0v) is 13.4. The maximum atomic E-state index is 12.6. The molecule has 2 saturated heterocycles. The number of carbonyl (C=O) groups is 1. The molecule has 5 nitrogen and oxygen atoms in total. The van der Waals surface area contributed by atoms with Gasteiger partial charge in [0.25, 0.3) is 0 Å². The molecule has 5 heteroatoms. The molecular weight excluding hydrogens is 270 g/mol. The third-order valence-corrected chi connectivity index (χ3v) is 5.27. The fraction of sp³-hybridized carbons (Fsp3) is 0.938. The van der Waals surface area contributed by atoms with Crippen molar-refractivity contribution < 1.29 is 19.4 Å². The van der Waals surface area contributed by atoms with E-state index in [2.05, 4.69) is 0 Å². The summed E-state index contributed by atoms with van der Waals surface area (Å²) in [6.07, 6.45) is 3.17. The van der Waals surface area contributed by atoms with Crippen molar-refractivity contribution in [2.75, 3.05) is 7.11 Å². The van der Waals surface area contributed by atoms with Gasteiger partial charge in [-0.05, 0) is 46.5 Å². The molecule has 2 unspecified atom stereocenters. The molecule has 3 fully saturated rings. The van der Waals surface area contributed by atoms with E-state index in [0.29, 0.717) is 0 Å². The van der Waals surface area contributed by atoms with Gasteiger partial charge in [-0.15, -0.1) is 0 Å². The molecule has 1 aliphatic carbocycles. The Kier molecular flexibility index (Phi) is 3.69. The van der Waals surface area contributed by atoms with Gasteiger partial charge in [0.15, 0.2) is 0 Å². The summed E-state index contributed by atoms with van der Waals surface area (Å²) in [5.74, 6) is 0.463. The van der Waals surface area contributed by atoms with Gasteiger partial charge in [0.1, 0.15) is 5.60 Å². The first-order valence-corrected chi connectivity index (χ1v) is 8.04. The quantitative estimate of drug-likeness (QED) is 0.806. The number of methoxy groups -OCH3 is 1. The Balaban J connectivity index is 1.85. The maximum absolute atomic E-state index is 12.6. The SMILES string of the molecule is COC1[C@H]2CC(O)C[C@@H]1[C@H]1CC[C@@H]2N1C(=O)OC(C)(C)C. The summed E-state index contributed by atoms with van der Waals surface area (Å²) in [6.45, 7) is 5.71. The van der Waals surface area contributed by atoms with Crippen LogP contribution in [0.1, 0.15) is 46.5 Å². The van der Waals surface area contributed by atoms with Gasteiger partial charge in [0.2, 0.25) is 0 Å². The minimum Gasteiger partial charge on any atom is -0.444 e. The molecule has 0 aromatic rings. The first-order chi connectivity index (χ1) is 9.81. The number of nitrogens with zero attached hydrogens (tertiary/aromatic N) is 1. The van der Waals surface area contributed by atoms with Gasteiger partial charge in [-0.3, -0.25) is 0 Å². The summed E-state index contributed by atoms with van der Waals surface area (Å²) >= 11 is 0. The standard InChI is InChI=1S/C16H27NO4/c1-16(2,3)21-15(19)17-12-5-6-13(17)11-8-9(18)7-10(12)14(11)20-4/h9-14,18H,5-8H2,1-4H3/t9?,10-,11+,12-,13+,14?. The van der Waals surface area contributed by atoms with Crippen molar-refractivity contribution in [2.24, 2.45) is 11.8 Å². The normalized spacial score (nSPS) is 42.0. The Morgan fingerprint density at radius 1 is 1.14 bits per heavy atom. The van der Waals surface area contributed by atoms with E-state index < -0.39 is 5.60 Å². The molecule has 0 aromatic heterocycles. The summed E-state index contributed by atoms with van der Waals surface area (Å²) in [5.41, 5.74) is -0.469. The second-order valence-corrected chi connectivity index (χ2v) is 7.75. The first kappa shape index (κ1) is 15.1. The number of amides is 1. The molecule has 3 aliphatic rings. The monoisotopic (exact) mass is 297 g/mol. The molecule has 0 aromatic carbocycles. The van der Waals surface area contributed by atoms with Crippen LogP contribution in [-0.4, -0.2) is 53.1 Å². The summed E-state index contributed by atoms with van der Waals surface area (Å²) < 4.78 is 11.3. The molecule has 2 aliphatic heterocycles. The van der Waals surface area contributed by atoms with Crippen molar-refractivity contribution in [3.63, 3.8) is 0 Å². The van der Waals surface area contributed by atoms with Crippen LogP contribution in [0.2, 0.25) is 0 Å². The molecule has 0 spiro atoms. The zero-order chi connectivity index (χ0) is 15.4. The predicted molar refractivity (Wildman–Crippen MR) is 77.9 cm³/mol. The van der Waals surface area contributed by atoms with E-state index in [1.165, 1.54) is 0 Å². The molecule has 1 amide bonds. The van der Waals surface area contributed by atoms with Crippen LogP contribution >= 0.6 is 0 Å². The highest BCUT2D eigenvalue weighted by Gasteiger charge is 2.58. The highest BCUT2D eigenvalue weighted by molar-refractivity contribution is 5.70. The van der Waals surface area contributed by atoms with Crippen LogP contribution in [-0.2, 0) is 9.47 Å². The zero-order valence-electron chi connectivity index (χ0n) is 13.4. The Morgan fingerprint density at radius 2 is 1.67 bits per heavy atom. The summed E-state index contributed by atoms with van der Waals surface area (Å²) in [5, 5.41) is 10.1. The molecule has 120 valence electrons. The summed E-state index contributed by atoms with van der Waals surface area (Å²) in [6, 6.07) is 0.307. The van der Waals surface area contributed by atoms with Gasteiger partial charge >= 0.3 is 6.09 Å². The fourth-order valence-electron chi connectivity index (χ4n) is 4.70. The van der Waals surface area contributed by atoms with Gasteiger partial charge in [0, 0.05) is 31.0 Å². The molecule has 1 N–H and O–H groups in total. The Labute approximate surface area is 126 Å². The van der Waals surface area contributed by atoms with Crippen LogP contribution < -0.4 is 0 Å². The van der Waals surface area contributed by atoms with Crippen LogP contribution in [0, 0.1) is 11.8 Å². The number of hydrogen-bond acceptors (Lipinski definition) is 4. The number of carbonyl (C=O) groups excluding carboxylic acids is 1. The summed E-state index contributed by atoms with van der Waals surface area (Å²) in [7, 11) is 1.75. The van der Waals surface area contributed by atoms with Gasteiger partial charge in [-0.2, -0.15) is 0 Å². The number of piperidine rings is 1. The van der Waals surface area contributed by atoms with E-state index in [4.69, 9.17) is 9.47 Å². The number of fused-ring (bicyclic) bond motifs is 6. The smallest absolute Gasteiger partial charge is 0.410 e. The van der Waals surface area contributed by atoms with Crippen molar-refractivity contribution in [3.8, 4) is 0 Å². The molecule has 3 rings (SSSR count). The van der Waals surface area contributed by atoms with Gasteiger partial charge in [-0.25, -0.2) is 4.79 Å². The van der Waals surface area contributed by atoms with E-state index in [1.807, 2.05) is 25.7 Å². The van der Waals surface area contributed by atoms with Crippen LogP contribution in [0.5, 0.6) is 0 Å². The van der Waals surface area contributed by atoms with Crippen molar-refractivity contribution >= 4 is 6.09 Å². The second-order valence-electron chi connectivity index (χ2n) is 7.75. The Morgan fingerprint density at radius 3 is 2.10 bits per heavy atom. The number of aliphatic hydroxyl groups excluding tert-OH is 1. The molecule has 2 heterocycles. The van der Waals surface area contributed by atoms with Crippen LogP contribution in [0.25, 0.3) is 0 Å². The third-order valence-electron chi connectivity index (χ3n) is 5.27. The highest BCUT2D eigenvalue weighted by atomic mass is 16.6. The van der Waals surface area contributed by atoms with Crippen LogP contribution in [0.4, 0.5) is 4.79 Å². The lowest BCUT2D eigenvalue weighted by molar-refractivity contribution is -0.132. The fourth-order valence-corrected chi connectivity index (χ4v) is 4.70. The minimum atomic E-state index is -0.469. The largest absolute Gasteiger partial charge is 0.444 e. The minimum absolute atomic E-state index is 0.154. The van der Waals surface area contributed by atoms with Gasteiger partial charge in [-0.1, -0.05) is 0 Å². The van der Waals surface area contributed by atoms with E-state index in [9.17, 15) is 9.90 Å². The molecular formula is C16H27NO4. The molecule has 6 atom stereocenters. The summed E-state index contributed by atoms with van der Waals surface area (Å²) in [4.78, 5) is 14.5. The van der Waals surface area contributed by atoms with Crippen molar-refractivity contribution in [1.29, 1.82) is 0 Å². The van der Waals surface area contributed by atoms with E-state index in [0.717, 1.165) is 25.7 Å². The van der Waals surface area contributed by atoms with E-state index in [1.54, 1.807) is 7.11 Å². The number of aliphatic hydroxyl groups is 1. The molecule has 0 radical (unpaired) electrons. The van der Waals surface area contributed by atoms with Crippen molar-refractivity contribution in [1.82, 2.24) is 4.90 Å². The van der Waals surface area contributed by atoms with Crippen LogP contribution in [0.3, 0.4) is 0 Å². The lowest BCUT2D eigenvalue weighted by Crippen LogP contribution is -2.62. The average Bonchev–Trinajstić information content (AvgIpc) is 2.75. The lowest BCUT2D eigenvalue weighted by Gasteiger charge is -2.52.